The molecule has 8 nitrogen and oxygen atoms in total. The van der Waals surface area contributed by atoms with Crippen LogP contribution < -0.4 is 20.3 Å². The minimum absolute atomic E-state index is 0.00420. The predicted octanol–water partition coefficient (Wildman–Crippen LogP) is 3.93. The van der Waals surface area contributed by atoms with Gasteiger partial charge in [-0.05, 0) is 62.5 Å². The molecule has 38 heavy (non-hydrogen) atoms. The lowest BCUT2D eigenvalue weighted by atomic mass is 10.0. The maximum atomic E-state index is 14.6. The van der Waals surface area contributed by atoms with E-state index in [4.69, 9.17) is 9.84 Å². The van der Waals surface area contributed by atoms with Gasteiger partial charge in [0.1, 0.15) is 29.1 Å². The van der Waals surface area contributed by atoms with Gasteiger partial charge in [-0.1, -0.05) is 6.07 Å². The van der Waals surface area contributed by atoms with Gasteiger partial charge in [0.15, 0.2) is 0 Å². The van der Waals surface area contributed by atoms with E-state index in [-0.39, 0.29) is 5.56 Å². The number of rotatable bonds is 7. The van der Waals surface area contributed by atoms with Gasteiger partial charge in [0.05, 0.1) is 18.4 Å². The van der Waals surface area contributed by atoms with Crippen LogP contribution in [-0.2, 0) is 10.8 Å². The molecule has 0 saturated carbocycles. The van der Waals surface area contributed by atoms with Crippen molar-refractivity contribution in [2.24, 2.45) is 5.92 Å². The van der Waals surface area contributed by atoms with Crippen LogP contribution in [0.1, 0.15) is 24.8 Å². The molecule has 1 aromatic heterocycles. The molecule has 2 saturated heterocycles. The molecule has 0 amide bonds. The minimum atomic E-state index is -0.755. The molecule has 3 aromatic rings. The molecular weight excluding hydrogens is 503 g/mol. The summed E-state index contributed by atoms with van der Waals surface area (Å²) >= 11 is 0. The second kappa shape index (κ2) is 12.0. The second-order valence-electron chi connectivity index (χ2n) is 9.75. The van der Waals surface area contributed by atoms with Crippen molar-refractivity contribution in [3.63, 3.8) is 0 Å². The molecule has 1 atom stereocenters. The number of benzene rings is 2. The molecule has 0 spiro atoms. The van der Waals surface area contributed by atoms with Gasteiger partial charge in [0.2, 0.25) is 0 Å². The van der Waals surface area contributed by atoms with Crippen LogP contribution in [0.4, 0.5) is 15.9 Å². The number of nitrogens with zero attached hydrogens (tertiary/aromatic N) is 4. The van der Waals surface area contributed by atoms with E-state index in [0.717, 1.165) is 63.4 Å². The monoisotopic (exact) mass is 536 g/mol. The average Bonchev–Trinajstić information content (AvgIpc) is 3.19. The summed E-state index contributed by atoms with van der Waals surface area (Å²) < 4.78 is 34.0. The lowest BCUT2D eigenvalue weighted by Gasteiger charge is -2.29. The van der Waals surface area contributed by atoms with Crippen LogP contribution in [0, 0.1) is 23.1 Å². The van der Waals surface area contributed by atoms with Gasteiger partial charge in [-0.15, -0.1) is 5.10 Å². The van der Waals surface area contributed by atoms with Gasteiger partial charge < -0.3 is 20.3 Å². The third-order valence-electron chi connectivity index (χ3n) is 7.30. The van der Waals surface area contributed by atoms with E-state index in [1.165, 1.54) is 12.1 Å². The lowest BCUT2D eigenvalue weighted by Crippen LogP contribution is -2.37. The summed E-state index contributed by atoms with van der Waals surface area (Å²) in [6.45, 7) is 4.36. The zero-order valence-corrected chi connectivity index (χ0v) is 22.4. The highest BCUT2D eigenvalue weighted by Gasteiger charge is 2.21. The molecule has 200 valence electrons. The molecule has 2 aliphatic heterocycles. The van der Waals surface area contributed by atoms with Crippen molar-refractivity contribution in [3.8, 4) is 28.8 Å². The van der Waals surface area contributed by atoms with Crippen LogP contribution in [0.5, 0.6) is 5.75 Å². The first-order valence-corrected chi connectivity index (χ1v) is 14.6. The minimum Gasteiger partial charge on any atom is -0.494 e. The fourth-order valence-electron chi connectivity index (χ4n) is 5.10. The van der Waals surface area contributed by atoms with E-state index >= 15 is 0 Å². The molecule has 10 heteroatoms. The van der Waals surface area contributed by atoms with E-state index in [0.29, 0.717) is 40.2 Å². The summed E-state index contributed by atoms with van der Waals surface area (Å²) in [6.07, 6.45) is 3.43. The zero-order chi connectivity index (χ0) is 26.5. The normalized spacial score (nSPS) is 18.6. The largest absolute Gasteiger partial charge is 0.494 e. The number of hydrogen-bond donors (Lipinski definition) is 2. The van der Waals surface area contributed by atoms with Gasteiger partial charge in [0, 0.05) is 65.3 Å². The van der Waals surface area contributed by atoms with Crippen LogP contribution in [-0.4, -0.2) is 65.3 Å². The molecule has 0 bridgehead atoms. The molecule has 2 fully saturated rings. The molecule has 0 aliphatic carbocycles. The van der Waals surface area contributed by atoms with Crippen molar-refractivity contribution < 1.29 is 13.3 Å². The Balaban J connectivity index is 1.49. The highest BCUT2D eigenvalue weighted by Crippen LogP contribution is 2.34. The van der Waals surface area contributed by atoms with Crippen LogP contribution in [0.15, 0.2) is 42.5 Å². The topological polar surface area (TPSA) is 95.2 Å². The van der Waals surface area contributed by atoms with Crippen molar-refractivity contribution in [1.29, 1.82) is 5.26 Å². The number of hydrogen-bond acceptors (Lipinski definition) is 7. The van der Waals surface area contributed by atoms with Crippen LogP contribution in [0.3, 0.4) is 0 Å². The Hall–Kier alpha value is -3.42. The second-order valence-corrected chi connectivity index (χ2v) is 11.4. The number of anilines is 2. The van der Waals surface area contributed by atoms with Crippen molar-refractivity contribution in [1.82, 2.24) is 15.1 Å². The summed E-state index contributed by atoms with van der Waals surface area (Å²) in [5.41, 5.74) is 3.04. The van der Waals surface area contributed by atoms with Crippen molar-refractivity contribution in [2.75, 3.05) is 61.6 Å². The SMILES string of the molecule is COc1cc(N2CCS(=O)CC2)ccc1-n1nc(NCC2CCCNCC2)cc1-c1ccc(C#N)c(F)c1. The molecule has 2 N–H and O–H groups in total. The maximum Gasteiger partial charge on any atom is 0.149 e. The number of methoxy groups -OCH3 is 1. The highest BCUT2D eigenvalue weighted by molar-refractivity contribution is 7.85. The van der Waals surface area contributed by atoms with E-state index in [1.54, 1.807) is 17.9 Å². The highest BCUT2D eigenvalue weighted by atomic mass is 32.2. The molecule has 2 aromatic carbocycles. The first kappa shape index (κ1) is 26.2. The van der Waals surface area contributed by atoms with Gasteiger partial charge in [-0.2, -0.15) is 5.26 Å². The van der Waals surface area contributed by atoms with Gasteiger partial charge in [-0.3, -0.25) is 4.21 Å². The molecular formula is C28H33FN6O2S. The molecule has 3 heterocycles. The Morgan fingerprint density at radius 3 is 2.79 bits per heavy atom. The number of aromatic nitrogens is 2. The first-order chi connectivity index (χ1) is 18.6. The molecule has 0 radical (unpaired) electrons. The predicted molar refractivity (Wildman–Crippen MR) is 149 cm³/mol. The summed E-state index contributed by atoms with van der Waals surface area (Å²) in [5, 5.41) is 21.0. The van der Waals surface area contributed by atoms with Gasteiger partial charge in [0.25, 0.3) is 0 Å². The third-order valence-corrected chi connectivity index (χ3v) is 8.57. The van der Waals surface area contributed by atoms with Crippen LogP contribution in [0.2, 0.25) is 0 Å². The smallest absolute Gasteiger partial charge is 0.149 e. The Kier molecular flexibility index (Phi) is 8.25. The summed E-state index contributed by atoms with van der Waals surface area (Å²) in [6, 6.07) is 14.4. The summed E-state index contributed by atoms with van der Waals surface area (Å²) in [5.74, 6) is 2.63. The van der Waals surface area contributed by atoms with Crippen molar-refractivity contribution in [2.45, 2.75) is 19.3 Å². The maximum absolute atomic E-state index is 14.6. The molecule has 2 aliphatic rings. The number of nitriles is 1. The van der Waals surface area contributed by atoms with E-state index < -0.39 is 16.6 Å². The number of ether oxygens (including phenoxy) is 1. The average molecular weight is 537 g/mol. The molecule has 5 rings (SSSR count). The third kappa shape index (κ3) is 5.84. The Labute approximate surface area is 225 Å². The Bertz CT molecular complexity index is 1340. The number of nitrogens with one attached hydrogen (secondary N) is 2. The molecule has 1 unspecified atom stereocenters. The zero-order valence-electron chi connectivity index (χ0n) is 21.6. The van der Waals surface area contributed by atoms with Gasteiger partial charge in [-0.25, -0.2) is 9.07 Å². The standard InChI is InChI=1S/C28H33FN6O2S/c1-37-27-16-23(34-11-13-38(36)14-12-34)6-7-25(27)35-26(21-4-5-22(18-30)24(29)15-21)17-28(33-35)32-19-20-3-2-9-31-10-8-20/h4-7,15-17,20,31H,2-3,8-14,19H2,1H3,(H,32,33). The van der Waals surface area contributed by atoms with E-state index in [9.17, 15) is 13.9 Å². The summed E-state index contributed by atoms with van der Waals surface area (Å²) in [4.78, 5) is 2.21. The Morgan fingerprint density at radius 1 is 1.18 bits per heavy atom. The lowest BCUT2D eigenvalue weighted by molar-refractivity contribution is 0.412. The van der Waals surface area contributed by atoms with Crippen molar-refractivity contribution in [3.05, 3.63) is 53.8 Å². The van der Waals surface area contributed by atoms with Crippen LogP contribution in [0.25, 0.3) is 16.9 Å². The van der Waals surface area contributed by atoms with E-state index in [2.05, 4.69) is 15.5 Å². The van der Waals surface area contributed by atoms with Crippen molar-refractivity contribution >= 4 is 22.3 Å². The first-order valence-electron chi connectivity index (χ1n) is 13.1. The number of halogens is 1. The van der Waals surface area contributed by atoms with E-state index in [1.807, 2.05) is 30.3 Å². The quantitative estimate of drug-likeness (QED) is 0.473. The fraction of sp³-hybridized carbons (Fsp3) is 0.429. The van der Waals surface area contributed by atoms with Crippen LogP contribution >= 0.6 is 0 Å². The fourth-order valence-corrected chi connectivity index (χ4v) is 6.15. The van der Waals surface area contributed by atoms with Gasteiger partial charge >= 0.3 is 0 Å². The Morgan fingerprint density at radius 2 is 2.03 bits per heavy atom. The summed E-state index contributed by atoms with van der Waals surface area (Å²) in [7, 11) is 0.867.